The molecule has 1 atom stereocenters. The van der Waals surface area contributed by atoms with E-state index in [-0.39, 0.29) is 5.91 Å². The van der Waals surface area contributed by atoms with Crippen LogP contribution in [-0.4, -0.2) is 29.5 Å². The second-order valence-corrected chi connectivity index (χ2v) is 7.81. The highest BCUT2D eigenvalue weighted by molar-refractivity contribution is 7.09. The summed E-state index contributed by atoms with van der Waals surface area (Å²) in [6, 6.07) is 15.4. The number of hydrogen-bond acceptors (Lipinski definition) is 5. The first-order chi connectivity index (χ1) is 13.6. The predicted molar refractivity (Wildman–Crippen MR) is 108 cm³/mol. The standard InChI is InChI=1S/C22H20N2O3S/c1-14-24-19(13-28-14)16-8-6-15(7-9-16)10-11-23-21(25)20-12-17-4-2-3-5-18(17)22(26)27-20/h2-9,13,20H,10-12H2,1H3,(H,23,25)/t20-/m0/s1. The summed E-state index contributed by atoms with van der Waals surface area (Å²) >= 11 is 1.64. The van der Waals surface area contributed by atoms with E-state index in [1.807, 2.05) is 48.7 Å². The van der Waals surface area contributed by atoms with Crippen LogP contribution in [0.15, 0.2) is 53.9 Å². The van der Waals surface area contributed by atoms with Crippen LogP contribution in [0, 0.1) is 6.92 Å². The third kappa shape index (κ3) is 3.97. The molecule has 0 unspecified atom stereocenters. The van der Waals surface area contributed by atoms with Gasteiger partial charge in [-0.05, 0) is 30.5 Å². The number of nitrogens with one attached hydrogen (secondary N) is 1. The fourth-order valence-corrected chi connectivity index (χ4v) is 3.88. The molecule has 0 spiro atoms. The van der Waals surface area contributed by atoms with Gasteiger partial charge in [0, 0.05) is 23.9 Å². The third-order valence-electron chi connectivity index (χ3n) is 4.77. The van der Waals surface area contributed by atoms with Gasteiger partial charge in [-0.2, -0.15) is 0 Å². The van der Waals surface area contributed by atoms with Crippen LogP contribution in [0.4, 0.5) is 0 Å². The Kier molecular flexibility index (Phi) is 5.21. The van der Waals surface area contributed by atoms with E-state index >= 15 is 0 Å². The van der Waals surface area contributed by atoms with Crippen molar-refractivity contribution in [3.8, 4) is 11.3 Å². The molecule has 1 N–H and O–H groups in total. The second kappa shape index (κ2) is 7.94. The molecule has 2 heterocycles. The van der Waals surface area contributed by atoms with Crippen LogP contribution in [-0.2, 0) is 22.4 Å². The van der Waals surface area contributed by atoms with Crippen molar-refractivity contribution in [2.75, 3.05) is 6.54 Å². The van der Waals surface area contributed by atoms with E-state index in [0.717, 1.165) is 27.4 Å². The number of aryl methyl sites for hydroxylation is 1. The Bertz CT molecular complexity index is 1010. The second-order valence-electron chi connectivity index (χ2n) is 6.74. The smallest absolute Gasteiger partial charge is 0.339 e. The van der Waals surface area contributed by atoms with Gasteiger partial charge in [-0.1, -0.05) is 42.5 Å². The van der Waals surface area contributed by atoms with Gasteiger partial charge in [0.05, 0.1) is 16.3 Å². The number of fused-ring (bicyclic) bond motifs is 1. The maximum absolute atomic E-state index is 12.4. The highest BCUT2D eigenvalue weighted by atomic mass is 32.1. The summed E-state index contributed by atoms with van der Waals surface area (Å²) in [5.41, 5.74) is 4.60. The molecule has 1 aromatic heterocycles. The number of carbonyl (C=O) groups excluding carboxylic acids is 2. The van der Waals surface area contributed by atoms with Gasteiger partial charge < -0.3 is 10.1 Å². The number of hydrogen-bond donors (Lipinski definition) is 1. The molecule has 28 heavy (non-hydrogen) atoms. The molecule has 2 aromatic carbocycles. The van der Waals surface area contributed by atoms with Crippen molar-refractivity contribution < 1.29 is 14.3 Å². The van der Waals surface area contributed by atoms with Crippen LogP contribution < -0.4 is 5.32 Å². The lowest BCUT2D eigenvalue weighted by molar-refractivity contribution is -0.130. The molecule has 3 aromatic rings. The molecule has 5 nitrogen and oxygen atoms in total. The van der Waals surface area contributed by atoms with Gasteiger partial charge >= 0.3 is 5.97 Å². The summed E-state index contributed by atoms with van der Waals surface area (Å²) in [6.07, 6.45) is 0.354. The zero-order chi connectivity index (χ0) is 19.5. The number of nitrogens with zero attached hydrogens (tertiary/aromatic N) is 1. The minimum Gasteiger partial charge on any atom is -0.448 e. The lowest BCUT2D eigenvalue weighted by Crippen LogP contribution is -2.42. The van der Waals surface area contributed by atoms with Crippen molar-refractivity contribution in [3.63, 3.8) is 0 Å². The van der Waals surface area contributed by atoms with Gasteiger partial charge in [0.1, 0.15) is 0 Å². The maximum Gasteiger partial charge on any atom is 0.339 e. The normalized spacial score (nSPS) is 15.6. The Morgan fingerprint density at radius 1 is 1.21 bits per heavy atom. The van der Waals surface area contributed by atoms with E-state index in [1.165, 1.54) is 0 Å². The largest absolute Gasteiger partial charge is 0.448 e. The Balaban J connectivity index is 1.30. The summed E-state index contributed by atoms with van der Waals surface area (Å²) in [4.78, 5) is 28.9. The molecule has 0 fully saturated rings. The molecule has 0 radical (unpaired) electrons. The summed E-state index contributed by atoms with van der Waals surface area (Å²) < 4.78 is 5.29. The van der Waals surface area contributed by atoms with E-state index in [0.29, 0.717) is 24.9 Å². The van der Waals surface area contributed by atoms with E-state index in [1.54, 1.807) is 23.5 Å². The van der Waals surface area contributed by atoms with Crippen molar-refractivity contribution in [1.29, 1.82) is 0 Å². The molecule has 4 rings (SSSR count). The van der Waals surface area contributed by atoms with Crippen LogP contribution in [0.5, 0.6) is 0 Å². The summed E-state index contributed by atoms with van der Waals surface area (Å²) in [6.45, 7) is 2.48. The van der Waals surface area contributed by atoms with E-state index in [2.05, 4.69) is 10.3 Å². The van der Waals surface area contributed by atoms with Crippen molar-refractivity contribution in [2.45, 2.75) is 25.9 Å². The number of thiazole rings is 1. The van der Waals surface area contributed by atoms with Crippen LogP contribution >= 0.6 is 11.3 Å². The monoisotopic (exact) mass is 392 g/mol. The number of amides is 1. The van der Waals surface area contributed by atoms with Gasteiger partial charge in [0.2, 0.25) is 0 Å². The number of benzene rings is 2. The molecule has 142 valence electrons. The summed E-state index contributed by atoms with van der Waals surface area (Å²) in [5, 5.41) is 5.97. The first-order valence-electron chi connectivity index (χ1n) is 9.18. The number of aromatic nitrogens is 1. The molecule has 0 aliphatic carbocycles. The lowest BCUT2D eigenvalue weighted by atomic mass is 9.98. The number of esters is 1. The molecular formula is C22H20N2O3S. The molecule has 1 amide bonds. The summed E-state index contributed by atoms with van der Waals surface area (Å²) in [5.74, 6) is -0.688. The fraction of sp³-hybridized carbons (Fsp3) is 0.227. The van der Waals surface area contributed by atoms with Crippen molar-refractivity contribution in [2.24, 2.45) is 0 Å². The molecule has 6 heteroatoms. The molecule has 1 aliphatic rings. The number of rotatable bonds is 5. The van der Waals surface area contributed by atoms with E-state index in [9.17, 15) is 9.59 Å². The van der Waals surface area contributed by atoms with Crippen molar-refractivity contribution >= 4 is 23.2 Å². The first kappa shape index (κ1) is 18.4. The highest BCUT2D eigenvalue weighted by Crippen LogP contribution is 2.22. The quantitative estimate of drug-likeness (QED) is 0.674. The number of cyclic esters (lactones) is 1. The Hall–Kier alpha value is -2.99. The van der Waals surface area contributed by atoms with E-state index < -0.39 is 12.1 Å². The van der Waals surface area contributed by atoms with Gasteiger partial charge in [-0.25, -0.2) is 9.78 Å². The van der Waals surface area contributed by atoms with Gasteiger partial charge in [-0.3, -0.25) is 4.79 Å². The SMILES string of the molecule is Cc1nc(-c2ccc(CCNC(=O)[C@@H]3Cc4ccccc4C(=O)O3)cc2)cs1. The zero-order valence-corrected chi connectivity index (χ0v) is 16.3. The lowest BCUT2D eigenvalue weighted by Gasteiger charge is -2.23. The Morgan fingerprint density at radius 3 is 2.75 bits per heavy atom. The van der Waals surface area contributed by atoms with Crippen LogP contribution in [0.1, 0.15) is 26.5 Å². The number of carbonyl (C=O) groups is 2. The topological polar surface area (TPSA) is 68.3 Å². The minimum absolute atomic E-state index is 0.252. The average molecular weight is 392 g/mol. The number of ether oxygens (including phenoxy) is 1. The van der Waals surface area contributed by atoms with Crippen LogP contribution in [0.25, 0.3) is 11.3 Å². The van der Waals surface area contributed by atoms with Crippen LogP contribution in [0.3, 0.4) is 0 Å². The average Bonchev–Trinajstić information content (AvgIpc) is 3.15. The zero-order valence-electron chi connectivity index (χ0n) is 15.5. The molecule has 1 aliphatic heterocycles. The van der Waals surface area contributed by atoms with Gasteiger partial charge in [0.25, 0.3) is 5.91 Å². The molecule has 0 saturated carbocycles. The maximum atomic E-state index is 12.4. The minimum atomic E-state index is -0.766. The van der Waals surface area contributed by atoms with Crippen molar-refractivity contribution in [1.82, 2.24) is 10.3 Å². The first-order valence-corrected chi connectivity index (χ1v) is 10.1. The fourth-order valence-electron chi connectivity index (χ4n) is 3.26. The van der Waals surface area contributed by atoms with Gasteiger partial charge in [-0.15, -0.1) is 11.3 Å². The Labute approximate surface area is 167 Å². The summed E-state index contributed by atoms with van der Waals surface area (Å²) in [7, 11) is 0. The molecule has 0 saturated heterocycles. The predicted octanol–water partition coefficient (Wildman–Crippen LogP) is 3.56. The highest BCUT2D eigenvalue weighted by Gasteiger charge is 2.30. The van der Waals surface area contributed by atoms with Gasteiger partial charge in [0.15, 0.2) is 6.10 Å². The Morgan fingerprint density at radius 2 is 2.00 bits per heavy atom. The third-order valence-corrected chi connectivity index (χ3v) is 5.54. The van der Waals surface area contributed by atoms with Crippen LogP contribution in [0.2, 0.25) is 0 Å². The molecular weight excluding hydrogens is 372 g/mol. The van der Waals surface area contributed by atoms with Crippen molar-refractivity contribution in [3.05, 3.63) is 75.6 Å². The van der Waals surface area contributed by atoms with E-state index in [4.69, 9.17) is 4.74 Å². The molecule has 0 bridgehead atoms.